The number of hydrogen-bond acceptors (Lipinski definition) is 2. The van der Waals surface area contributed by atoms with Crippen molar-refractivity contribution in [3.8, 4) is 22.6 Å². The molecule has 33 heavy (non-hydrogen) atoms. The van der Waals surface area contributed by atoms with E-state index in [-0.39, 0.29) is 17.6 Å². The number of aryl methyl sites for hydroxylation is 1. The fourth-order valence-corrected chi connectivity index (χ4v) is 4.60. The van der Waals surface area contributed by atoms with Crippen LogP contribution >= 0.6 is 0 Å². The van der Waals surface area contributed by atoms with E-state index < -0.39 is 17.5 Å². The first kappa shape index (κ1) is 23.2. The van der Waals surface area contributed by atoms with Gasteiger partial charge in [-0.25, -0.2) is 13.2 Å². The molecule has 0 spiro atoms. The molecule has 0 bridgehead atoms. The number of benzene rings is 3. The second-order valence-corrected chi connectivity index (χ2v) is 8.71. The van der Waals surface area contributed by atoms with Crippen molar-refractivity contribution in [2.24, 2.45) is 5.92 Å². The van der Waals surface area contributed by atoms with Gasteiger partial charge in [0.05, 0.1) is 13.7 Å². The first-order chi connectivity index (χ1) is 16.0. The smallest absolute Gasteiger partial charge is 0.168 e. The summed E-state index contributed by atoms with van der Waals surface area (Å²) in [5, 5.41) is 0. The summed E-state index contributed by atoms with van der Waals surface area (Å²) in [6, 6.07) is 15.5. The molecule has 5 heteroatoms. The Morgan fingerprint density at radius 2 is 1.58 bits per heavy atom. The summed E-state index contributed by atoms with van der Waals surface area (Å²) in [7, 11) is 1.49. The van der Waals surface area contributed by atoms with Crippen molar-refractivity contribution in [1.82, 2.24) is 0 Å². The number of hydrogen-bond donors (Lipinski definition) is 0. The van der Waals surface area contributed by atoms with Gasteiger partial charge < -0.3 is 9.47 Å². The summed E-state index contributed by atoms with van der Waals surface area (Å²) in [4.78, 5) is 0. The largest absolute Gasteiger partial charge is 0.497 e. The highest BCUT2D eigenvalue weighted by atomic mass is 19.2. The monoisotopic (exact) mass is 454 g/mol. The summed E-state index contributed by atoms with van der Waals surface area (Å²) in [5.74, 6) is -1.10. The van der Waals surface area contributed by atoms with E-state index in [0.29, 0.717) is 29.0 Å². The molecule has 0 aromatic heterocycles. The predicted molar refractivity (Wildman–Crippen MR) is 124 cm³/mol. The Kier molecular flexibility index (Phi) is 7.26. The molecule has 0 unspecified atom stereocenters. The third-order valence-corrected chi connectivity index (χ3v) is 6.69. The van der Waals surface area contributed by atoms with Gasteiger partial charge in [0.25, 0.3) is 0 Å². The lowest BCUT2D eigenvalue weighted by molar-refractivity contribution is 0.193. The van der Waals surface area contributed by atoms with Crippen molar-refractivity contribution in [2.75, 3.05) is 13.7 Å². The normalized spacial score (nSPS) is 18.2. The zero-order chi connectivity index (χ0) is 23.4. The molecule has 1 fully saturated rings. The highest BCUT2D eigenvalue weighted by Gasteiger charge is 2.27. The standard InChI is InChI=1S/C28H29F3O2/c1-3-18-4-8-20(9-5-18)23-13-14-24(28(31)27(23)30)21-10-6-19(7-11-21)17-33-26-15-12-22(32-2)16-25(26)29/h4-5,8-9,12-16,19,21H,3,6-7,10-11,17H2,1-2H3. The Hall–Kier alpha value is -2.95. The highest BCUT2D eigenvalue weighted by Crippen LogP contribution is 2.39. The molecule has 0 N–H and O–H groups in total. The van der Waals surface area contributed by atoms with Crippen LogP contribution in [0.3, 0.4) is 0 Å². The molecule has 0 aliphatic heterocycles. The lowest BCUT2D eigenvalue weighted by atomic mass is 9.78. The molecule has 1 aliphatic rings. The van der Waals surface area contributed by atoms with Crippen LogP contribution < -0.4 is 9.47 Å². The summed E-state index contributed by atoms with van der Waals surface area (Å²) in [6.45, 7) is 2.46. The highest BCUT2D eigenvalue weighted by molar-refractivity contribution is 5.65. The van der Waals surface area contributed by atoms with Crippen LogP contribution in [0.15, 0.2) is 54.6 Å². The summed E-state index contributed by atoms with van der Waals surface area (Å²) in [6.07, 6.45) is 4.05. The van der Waals surface area contributed by atoms with Crippen molar-refractivity contribution in [3.63, 3.8) is 0 Å². The molecular formula is C28H29F3O2. The topological polar surface area (TPSA) is 18.5 Å². The van der Waals surface area contributed by atoms with Crippen LogP contribution in [0.5, 0.6) is 11.5 Å². The molecule has 0 radical (unpaired) electrons. The summed E-state index contributed by atoms with van der Waals surface area (Å²) >= 11 is 0. The van der Waals surface area contributed by atoms with E-state index in [0.717, 1.165) is 37.7 Å². The summed E-state index contributed by atoms with van der Waals surface area (Å²) in [5.41, 5.74) is 2.58. The molecule has 1 aliphatic carbocycles. The number of ether oxygens (including phenoxy) is 2. The van der Waals surface area contributed by atoms with Gasteiger partial charge in [0, 0.05) is 11.6 Å². The fourth-order valence-electron chi connectivity index (χ4n) is 4.60. The van der Waals surface area contributed by atoms with E-state index in [9.17, 15) is 13.2 Å². The van der Waals surface area contributed by atoms with Gasteiger partial charge in [-0.05, 0) is 72.8 Å². The molecule has 2 nitrogen and oxygen atoms in total. The van der Waals surface area contributed by atoms with Crippen LogP contribution in [0.1, 0.15) is 49.7 Å². The minimum atomic E-state index is -0.780. The number of rotatable bonds is 7. The minimum Gasteiger partial charge on any atom is -0.497 e. The SMILES string of the molecule is CCc1ccc(-c2ccc(C3CCC(COc4ccc(OC)cc4F)CC3)c(F)c2F)cc1. The molecule has 0 heterocycles. The molecule has 0 amide bonds. The molecule has 3 aromatic rings. The zero-order valence-electron chi connectivity index (χ0n) is 19.0. The molecule has 0 atom stereocenters. The third-order valence-electron chi connectivity index (χ3n) is 6.69. The molecule has 1 saturated carbocycles. The van der Waals surface area contributed by atoms with Crippen molar-refractivity contribution >= 4 is 0 Å². The van der Waals surface area contributed by atoms with Gasteiger partial charge in [-0.3, -0.25) is 0 Å². The molecule has 4 rings (SSSR count). The average Bonchev–Trinajstić information content (AvgIpc) is 2.85. The first-order valence-corrected chi connectivity index (χ1v) is 11.5. The lowest BCUT2D eigenvalue weighted by Gasteiger charge is -2.29. The van der Waals surface area contributed by atoms with Crippen molar-refractivity contribution < 1.29 is 22.6 Å². The molecule has 3 aromatic carbocycles. The van der Waals surface area contributed by atoms with Gasteiger partial charge in [-0.15, -0.1) is 0 Å². The maximum atomic E-state index is 15.0. The fraction of sp³-hybridized carbons (Fsp3) is 0.357. The van der Waals surface area contributed by atoms with Gasteiger partial charge >= 0.3 is 0 Å². The van der Waals surface area contributed by atoms with Crippen LogP contribution in [-0.2, 0) is 6.42 Å². The second kappa shape index (κ2) is 10.3. The van der Waals surface area contributed by atoms with E-state index >= 15 is 0 Å². The van der Waals surface area contributed by atoms with Crippen molar-refractivity contribution in [1.29, 1.82) is 0 Å². The van der Waals surface area contributed by atoms with Crippen LogP contribution in [0.2, 0.25) is 0 Å². The van der Waals surface area contributed by atoms with E-state index in [1.807, 2.05) is 24.3 Å². The Morgan fingerprint density at radius 3 is 2.21 bits per heavy atom. The van der Waals surface area contributed by atoms with Crippen LogP contribution in [-0.4, -0.2) is 13.7 Å². The minimum absolute atomic E-state index is 0.0232. The molecule has 174 valence electrons. The maximum absolute atomic E-state index is 15.0. The third kappa shape index (κ3) is 5.18. The molecule has 0 saturated heterocycles. The van der Waals surface area contributed by atoms with Gasteiger partial charge in [0.2, 0.25) is 0 Å². The van der Waals surface area contributed by atoms with Crippen molar-refractivity contribution in [2.45, 2.75) is 44.9 Å². The Balaban J connectivity index is 1.37. The first-order valence-electron chi connectivity index (χ1n) is 11.5. The quantitative estimate of drug-likeness (QED) is 0.364. The predicted octanol–water partition coefficient (Wildman–Crippen LogP) is 7.69. The Morgan fingerprint density at radius 1 is 0.848 bits per heavy atom. The van der Waals surface area contributed by atoms with E-state index in [1.165, 1.54) is 13.2 Å². The van der Waals surface area contributed by atoms with Gasteiger partial charge in [0.1, 0.15) is 5.75 Å². The van der Waals surface area contributed by atoms with Crippen molar-refractivity contribution in [3.05, 3.63) is 83.2 Å². The second-order valence-electron chi connectivity index (χ2n) is 8.71. The van der Waals surface area contributed by atoms with E-state index in [2.05, 4.69) is 6.92 Å². The van der Waals surface area contributed by atoms with Gasteiger partial charge in [-0.1, -0.05) is 43.3 Å². The Bertz CT molecular complexity index is 1090. The lowest BCUT2D eigenvalue weighted by Crippen LogP contribution is -2.20. The number of methoxy groups -OCH3 is 1. The maximum Gasteiger partial charge on any atom is 0.168 e. The Labute approximate surface area is 193 Å². The van der Waals surface area contributed by atoms with Gasteiger partial charge in [-0.2, -0.15) is 0 Å². The number of halogens is 3. The summed E-state index contributed by atoms with van der Waals surface area (Å²) < 4.78 is 54.7. The molecular weight excluding hydrogens is 425 g/mol. The van der Waals surface area contributed by atoms with E-state index in [1.54, 1.807) is 24.3 Å². The van der Waals surface area contributed by atoms with Crippen LogP contribution in [0.4, 0.5) is 13.2 Å². The van der Waals surface area contributed by atoms with Gasteiger partial charge in [0.15, 0.2) is 23.2 Å². The van der Waals surface area contributed by atoms with Crippen LogP contribution in [0, 0.1) is 23.4 Å². The zero-order valence-corrected chi connectivity index (χ0v) is 19.0. The van der Waals surface area contributed by atoms with Crippen LogP contribution in [0.25, 0.3) is 11.1 Å². The van der Waals surface area contributed by atoms with E-state index in [4.69, 9.17) is 9.47 Å². The average molecular weight is 455 g/mol.